The number of ether oxygens (including phenoxy) is 3. The summed E-state index contributed by atoms with van der Waals surface area (Å²) < 4.78 is 18.3. The van der Waals surface area contributed by atoms with E-state index in [9.17, 15) is 0 Å². The highest BCUT2D eigenvalue weighted by atomic mass is 32.2. The van der Waals surface area contributed by atoms with Gasteiger partial charge in [-0.2, -0.15) is 0 Å². The Balaban J connectivity index is 1.53. The van der Waals surface area contributed by atoms with E-state index in [0.29, 0.717) is 6.61 Å². The molecule has 0 saturated heterocycles. The van der Waals surface area contributed by atoms with Gasteiger partial charge in [0, 0.05) is 18.7 Å². The number of hydrogen-bond acceptors (Lipinski definition) is 6. The van der Waals surface area contributed by atoms with E-state index in [4.69, 9.17) is 14.2 Å². The third-order valence-corrected chi connectivity index (χ3v) is 5.20. The maximum absolute atomic E-state index is 5.78. The first kappa shape index (κ1) is 20.1. The van der Waals surface area contributed by atoms with Crippen LogP contribution in [0, 0.1) is 0 Å². The van der Waals surface area contributed by atoms with Crippen LogP contribution in [0.15, 0.2) is 53.7 Å². The second kappa shape index (κ2) is 10.0. The van der Waals surface area contributed by atoms with Gasteiger partial charge in [0.25, 0.3) is 0 Å². The normalized spacial score (nSPS) is 10.7. The first-order chi connectivity index (χ1) is 13.7. The topological polar surface area (TPSA) is 58.4 Å². The summed E-state index contributed by atoms with van der Waals surface area (Å²) in [7, 11) is 3.32. The summed E-state index contributed by atoms with van der Waals surface area (Å²) >= 11 is 1.66. The maximum atomic E-state index is 5.78. The fourth-order valence-electron chi connectivity index (χ4n) is 2.76. The maximum Gasteiger partial charge on any atom is 0.191 e. The number of rotatable bonds is 10. The van der Waals surface area contributed by atoms with Crippen LogP contribution in [0.3, 0.4) is 0 Å². The van der Waals surface area contributed by atoms with Crippen LogP contribution in [0.1, 0.15) is 18.3 Å². The average molecular weight is 400 g/mol. The van der Waals surface area contributed by atoms with Gasteiger partial charge in [0.1, 0.15) is 23.1 Å². The van der Waals surface area contributed by atoms with E-state index in [1.165, 1.54) is 5.56 Å². The molecule has 0 bridgehead atoms. The fraction of sp³-hybridized carbons (Fsp3) is 0.333. The number of hydrogen-bond donors (Lipinski definition) is 0. The lowest BCUT2D eigenvalue weighted by Crippen LogP contribution is -2.06. The lowest BCUT2D eigenvalue weighted by molar-refractivity contribution is 0.342. The Bertz CT molecular complexity index is 864. The third kappa shape index (κ3) is 5.19. The Morgan fingerprint density at radius 2 is 1.46 bits per heavy atom. The molecule has 0 fully saturated rings. The number of methoxy groups -OCH3 is 2. The van der Waals surface area contributed by atoms with E-state index in [2.05, 4.69) is 33.8 Å². The van der Waals surface area contributed by atoms with Crippen LogP contribution in [-0.2, 0) is 13.0 Å². The minimum Gasteiger partial charge on any atom is -0.497 e. The van der Waals surface area contributed by atoms with Gasteiger partial charge in [0.2, 0.25) is 0 Å². The van der Waals surface area contributed by atoms with Crippen molar-refractivity contribution in [3.8, 4) is 17.2 Å². The molecular weight excluding hydrogens is 374 g/mol. The van der Waals surface area contributed by atoms with E-state index < -0.39 is 0 Å². The molecule has 1 aromatic heterocycles. The molecule has 0 atom stereocenters. The van der Waals surface area contributed by atoms with Gasteiger partial charge in [0.05, 0.1) is 20.8 Å². The van der Waals surface area contributed by atoms with Crippen LogP contribution in [0.5, 0.6) is 17.2 Å². The predicted octanol–water partition coefficient (Wildman–Crippen LogP) is 4.08. The molecule has 3 rings (SSSR count). The van der Waals surface area contributed by atoms with Crippen LogP contribution in [0.2, 0.25) is 0 Å². The van der Waals surface area contributed by atoms with Gasteiger partial charge in [-0.3, -0.25) is 0 Å². The van der Waals surface area contributed by atoms with Crippen molar-refractivity contribution in [3.63, 3.8) is 0 Å². The molecular formula is C21H25N3O3S. The van der Waals surface area contributed by atoms with Gasteiger partial charge in [-0.25, -0.2) is 0 Å². The second-order valence-electron chi connectivity index (χ2n) is 6.04. The highest BCUT2D eigenvalue weighted by Crippen LogP contribution is 2.21. The third-order valence-electron chi connectivity index (χ3n) is 4.27. The Hall–Kier alpha value is -2.67. The largest absolute Gasteiger partial charge is 0.497 e. The zero-order valence-corrected chi connectivity index (χ0v) is 17.2. The predicted molar refractivity (Wildman–Crippen MR) is 111 cm³/mol. The van der Waals surface area contributed by atoms with Crippen molar-refractivity contribution >= 4 is 11.8 Å². The van der Waals surface area contributed by atoms with Crippen molar-refractivity contribution in [1.82, 2.24) is 14.8 Å². The van der Waals surface area contributed by atoms with E-state index in [0.717, 1.165) is 46.9 Å². The van der Waals surface area contributed by atoms with Crippen molar-refractivity contribution in [3.05, 3.63) is 59.9 Å². The Kier molecular flexibility index (Phi) is 7.19. The molecule has 0 unspecified atom stereocenters. The van der Waals surface area contributed by atoms with Gasteiger partial charge in [0.15, 0.2) is 5.16 Å². The molecule has 0 aliphatic carbocycles. The lowest BCUT2D eigenvalue weighted by Gasteiger charge is -2.09. The molecule has 7 heteroatoms. The van der Waals surface area contributed by atoms with Crippen molar-refractivity contribution in [2.45, 2.75) is 25.0 Å². The summed E-state index contributed by atoms with van der Waals surface area (Å²) in [6.45, 7) is 3.54. The summed E-state index contributed by atoms with van der Waals surface area (Å²) in [6, 6.07) is 15.6. The summed E-state index contributed by atoms with van der Waals surface area (Å²) in [5.41, 5.74) is 1.18. The van der Waals surface area contributed by atoms with Gasteiger partial charge in [-0.15, -0.1) is 10.2 Å². The number of nitrogens with zero attached hydrogens (tertiary/aromatic N) is 3. The van der Waals surface area contributed by atoms with Gasteiger partial charge in [-0.1, -0.05) is 23.9 Å². The van der Waals surface area contributed by atoms with Crippen molar-refractivity contribution in [2.24, 2.45) is 0 Å². The molecule has 1 heterocycles. The highest BCUT2D eigenvalue weighted by Gasteiger charge is 2.12. The zero-order chi connectivity index (χ0) is 19.8. The number of benzene rings is 2. The molecule has 6 nitrogen and oxygen atoms in total. The summed E-state index contributed by atoms with van der Waals surface area (Å²) in [5, 5.41) is 9.67. The van der Waals surface area contributed by atoms with E-state index in [1.54, 1.807) is 26.0 Å². The summed E-state index contributed by atoms with van der Waals surface area (Å²) in [6.07, 6.45) is 0.744. The first-order valence-electron chi connectivity index (χ1n) is 9.18. The molecule has 0 N–H and O–H groups in total. The van der Waals surface area contributed by atoms with Crippen molar-refractivity contribution in [2.75, 3.05) is 26.6 Å². The Labute approximate surface area is 169 Å². The molecule has 0 saturated carbocycles. The number of aromatic nitrogens is 3. The van der Waals surface area contributed by atoms with Crippen molar-refractivity contribution < 1.29 is 14.2 Å². The molecule has 2 aromatic carbocycles. The molecule has 28 heavy (non-hydrogen) atoms. The zero-order valence-electron chi connectivity index (χ0n) is 16.4. The van der Waals surface area contributed by atoms with E-state index in [-0.39, 0.29) is 0 Å². The summed E-state index contributed by atoms with van der Waals surface area (Å²) in [5.74, 6) is 4.27. The van der Waals surface area contributed by atoms with E-state index in [1.807, 2.05) is 36.4 Å². The van der Waals surface area contributed by atoms with Gasteiger partial charge < -0.3 is 18.8 Å². The summed E-state index contributed by atoms with van der Waals surface area (Å²) in [4.78, 5) is 0. The minimum absolute atomic E-state index is 0.599. The Morgan fingerprint density at radius 3 is 2.07 bits per heavy atom. The van der Waals surface area contributed by atoms with Gasteiger partial charge in [-0.05, 0) is 48.9 Å². The molecule has 0 spiro atoms. The minimum atomic E-state index is 0.599. The molecule has 0 aliphatic rings. The molecule has 0 radical (unpaired) electrons. The Morgan fingerprint density at radius 1 is 0.857 bits per heavy atom. The highest BCUT2D eigenvalue weighted by molar-refractivity contribution is 7.99. The SMILES string of the molecule is CCn1c(Cc2ccc(OC)cc2)nnc1SCCOc1ccc(OC)cc1. The monoisotopic (exact) mass is 399 g/mol. The smallest absolute Gasteiger partial charge is 0.191 e. The van der Waals surface area contributed by atoms with Crippen LogP contribution >= 0.6 is 11.8 Å². The van der Waals surface area contributed by atoms with Crippen LogP contribution < -0.4 is 14.2 Å². The van der Waals surface area contributed by atoms with Gasteiger partial charge >= 0.3 is 0 Å². The first-order valence-corrected chi connectivity index (χ1v) is 10.2. The van der Waals surface area contributed by atoms with Crippen LogP contribution in [0.25, 0.3) is 0 Å². The molecule has 3 aromatic rings. The number of thioether (sulfide) groups is 1. The standard InChI is InChI=1S/C21H25N3O3S/c1-4-24-20(15-16-5-7-17(25-2)8-6-16)22-23-21(24)28-14-13-27-19-11-9-18(26-3)10-12-19/h5-12H,4,13-15H2,1-3H3. The molecule has 0 amide bonds. The average Bonchev–Trinajstić information content (AvgIpc) is 3.13. The lowest BCUT2D eigenvalue weighted by atomic mass is 10.1. The second-order valence-corrected chi connectivity index (χ2v) is 7.10. The molecule has 0 aliphatic heterocycles. The van der Waals surface area contributed by atoms with Crippen LogP contribution in [0.4, 0.5) is 0 Å². The molecule has 148 valence electrons. The van der Waals surface area contributed by atoms with Crippen molar-refractivity contribution in [1.29, 1.82) is 0 Å². The van der Waals surface area contributed by atoms with Crippen LogP contribution in [-0.4, -0.2) is 41.3 Å². The van der Waals surface area contributed by atoms with E-state index >= 15 is 0 Å². The fourth-order valence-corrected chi connectivity index (χ4v) is 3.60. The quantitative estimate of drug-likeness (QED) is 0.378.